The number of hydrogen-bond acceptors (Lipinski definition) is 5. The van der Waals surface area contributed by atoms with E-state index < -0.39 is 28.7 Å². The number of rotatable bonds is 3. The van der Waals surface area contributed by atoms with Crippen LogP contribution in [0.3, 0.4) is 0 Å². The second-order valence-corrected chi connectivity index (χ2v) is 8.04. The number of piperidine rings is 1. The van der Waals surface area contributed by atoms with E-state index in [0.717, 1.165) is 16.9 Å². The van der Waals surface area contributed by atoms with E-state index in [-0.39, 0.29) is 12.6 Å². The van der Waals surface area contributed by atoms with Crippen LogP contribution in [0.1, 0.15) is 35.1 Å². The highest BCUT2D eigenvalue weighted by Crippen LogP contribution is 2.49. The number of hydrogen-bond donors (Lipinski definition) is 2. The van der Waals surface area contributed by atoms with E-state index >= 15 is 0 Å². The fourth-order valence-corrected chi connectivity index (χ4v) is 5.15. The zero-order valence-electron chi connectivity index (χ0n) is 14.7. The summed E-state index contributed by atoms with van der Waals surface area (Å²) in [5.41, 5.74) is 0.0370. The number of carbonyl (C=O) groups excluding carboxylic acids is 1. The van der Waals surface area contributed by atoms with Crippen molar-refractivity contribution in [3.8, 4) is 0 Å². The molecule has 3 rings (SSSR count). The molecule has 0 aromatic carbocycles. The zero-order chi connectivity index (χ0) is 19.1. The summed E-state index contributed by atoms with van der Waals surface area (Å²) in [5.74, 6) is -0.443. The molecule has 1 aromatic rings. The Morgan fingerprint density at radius 2 is 2.31 bits per heavy atom. The third kappa shape index (κ3) is 3.62. The fraction of sp³-hybridized carbons (Fsp3) is 0.706. The first kappa shape index (κ1) is 19.6. The Kier molecular flexibility index (Phi) is 5.35. The van der Waals surface area contributed by atoms with E-state index in [9.17, 15) is 23.1 Å². The number of aliphatic hydroxyl groups is 1. The number of nitrogens with zero attached hydrogens (tertiary/aromatic N) is 1. The van der Waals surface area contributed by atoms with E-state index in [2.05, 4.69) is 5.32 Å². The Labute approximate surface area is 154 Å². The minimum atomic E-state index is -4.34. The van der Waals surface area contributed by atoms with Crippen LogP contribution in [0.15, 0.2) is 6.07 Å². The molecule has 1 aromatic heterocycles. The summed E-state index contributed by atoms with van der Waals surface area (Å²) in [4.78, 5) is 13.6. The van der Waals surface area contributed by atoms with Crippen molar-refractivity contribution in [1.82, 2.24) is 10.2 Å². The number of carbonyl (C=O) groups is 1. The number of alkyl halides is 3. The molecule has 1 amide bonds. The van der Waals surface area contributed by atoms with E-state index in [1.807, 2.05) is 11.8 Å². The first-order valence-corrected chi connectivity index (χ1v) is 9.46. The number of amides is 1. The van der Waals surface area contributed by atoms with Crippen LogP contribution >= 0.6 is 11.3 Å². The van der Waals surface area contributed by atoms with Gasteiger partial charge in [0.2, 0.25) is 5.91 Å². The molecule has 5 nitrogen and oxygen atoms in total. The lowest BCUT2D eigenvalue weighted by atomic mass is 9.82. The molecule has 9 heteroatoms. The first-order chi connectivity index (χ1) is 12.2. The normalized spacial score (nSPS) is 28.0. The van der Waals surface area contributed by atoms with E-state index in [1.54, 1.807) is 0 Å². The Bertz CT molecular complexity index is 679. The molecule has 1 fully saturated rings. The highest BCUT2D eigenvalue weighted by Gasteiger charge is 2.47. The van der Waals surface area contributed by atoms with Gasteiger partial charge in [-0.25, -0.2) is 0 Å². The lowest BCUT2D eigenvalue weighted by Gasteiger charge is -2.47. The number of likely N-dealkylation sites (tertiary alicyclic amines) is 1. The minimum absolute atomic E-state index is 0.0227. The number of likely N-dealkylation sites (N-methyl/N-ethyl adjacent to an activating group) is 1. The largest absolute Gasteiger partial charge is 0.425 e. The second-order valence-electron chi connectivity index (χ2n) is 6.98. The zero-order valence-corrected chi connectivity index (χ0v) is 15.5. The van der Waals surface area contributed by atoms with Crippen molar-refractivity contribution in [2.45, 2.75) is 50.1 Å². The smallest absolute Gasteiger partial charge is 0.382 e. The van der Waals surface area contributed by atoms with Crippen LogP contribution in [0.25, 0.3) is 0 Å². The van der Waals surface area contributed by atoms with Crippen LogP contribution in [0.4, 0.5) is 13.2 Å². The fourth-order valence-electron chi connectivity index (χ4n) is 3.89. The molecule has 2 aliphatic rings. The van der Waals surface area contributed by atoms with Crippen molar-refractivity contribution in [2.24, 2.45) is 0 Å². The number of nitrogens with one attached hydrogen (secondary N) is 1. The predicted octanol–water partition coefficient (Wildman–Crippen LogP) is 2.13. The third-order valence-electron chi connectivity index (χ3n) is 5.26. The summed E-state index contributed by atoms with van der Waals surface area (Å²) in [6, 6.07) is 1.24. The molecule has 2 N–H and O–H groups in total. The van der Waals surface area contributed by atoms with Crippen LogP contribution in [-0.4, -0.2) is 54.8 Å². The molecule has 0 radical (unpaired) electrons. The number of fused-ring (bicyclic) bond motifs is 2. The Morgan fingerprint density at radius 1 is 1.58 bits per heavy atom. The highest BCUT2D eigenvalue weighted by molar-refractivity contribution is 7.12. The van der Waals surface area contributed by atoms with Crippen molar-refractivity contribution < 1.29 is 27.8 Å². The Balaban J connectivity index is 1.78. The van der Waals surface area contributed by atoms with Crippen LogP contribution < -0.4 is 5.32 Å². The lowest BCUT2D eigenvalue weighted by molar-refractivity contribution is -0.134. The summed E-state index contributed by atoms with van der Waals surface area (Å²) >= 11 is 0.791. The van der Waals surface area contributed by atoms with Crippen LogP contribution in [-0.2, 0) is 27.7 Å². The maximum Gasteiger partial charge on any atom is 0.425 e. The molecule has 146 valence electrons. The number of halogens is 3. The molecule has 0 unspecified atom stereocenters. The highest BCUT2D eigenvalue weighted by atomic mass is 32.1. The quantitative estimate of drug-likeness (QED) is 0.827. The van der Waals surface area contributed by atoms with E-state index in [0.29, 0.717) is 37.3 Å². The molecule has 0 saturated carbocycles. The van der Waals surface area contributed by atoms with E-state index in [4.69, 9.17) is 4.74 Å². The second kappa shape index (κ2) is 7.10. The van der Waals surface area contributed by atoms with Gasteiger partial charge in [0.15, 0.2) is 0 Å². The molecular weight excluding hydrogens is 369 g/mol. The molecule has 1 saturated heterocycles. The van der Waals surface area contributed by atoms with Gasteiger partial charge in [-0.1, -0.05) is 0 Å². The minimum Gasteiger partial charge on any atom is -0.382 e. The SMILES string of the molecule is CNC(=O)[C@@H](O)CN1CC[C@]2(C[C@@H]1C)OCCc1cc(C(F)(F)F)sc12. The average molecular weight is 392 g/mol. The van der Waals surface area contributed by atoms with Gasteiger partial charge in [-0.3, -0.25) is 9.69 Å². The molecule has 26 heavy (non-hydrogen) atoms. The van der Waals surface area contributed by atoms with Gasteiger partial charge in [0.25, 0.3) is 0 Å². The van der Waals surface area contributed by atoms with Gasteiger partial charge >= 0.3 is 6.18 Å². The van der Waals surface area contributed by atoms with Crippen molar-refractivity contribution >= 4 is 17.2 Å². The monoisotopic (exact) mass is 392 g/mol. The average Bonchev–Trinajstić information content (AvgIpc) is 3.03. The number of thiophene rings is 1. The molecule has 0 aliphatic carbocycles. The molecule has 2 aliphatic heterocycles. The predicted molar refractivity (Wildman–Crippen MR) is 91.0 cm³/mol. The standard InChI is InChI=1S/C17H23F3N2O3S/c1-10-8-16(4-5-22(10)9-12(23)15(24)21-2)14-11(3-6-25-16)7-13(26-14)17(18,19)20/h7,10,12,23H,3-6,8-9H2,1-2H3,(H,21,24)/t10-,12-,16+/m0/s1. The van der Waals surface area contributed by atoms with Gasteiger partial charge in [-0.2, -0.15) is 13.2 Å². The van der Waals surface area contributed by atoms with Gasteiger partial charge in [0, 0.05) is 31.1 Å². The van der Waals surface area contributed by atoms with Gasteiger partial charge < -0.3 is 15.2 Å². The van der Waals surface area contributed by atoms with Crippen LogP contribution in [0.2, 0.25) is 0 Å². The summed E-state index contributed by atoms with van der Waals surface area (Å²) in [7, 11) is 1.46. The van der Waals surface area contributed by atoms with Crippen LogP contribution in [0.5, 0.6) is 0 Å². The summed E-state index contributed by atoms with van der Waals surface area (Å²) in [5, 5.41) is 12.3. The van der Waals surface area contributed by atoms with Crippen molar-refractivity contribution in [3.63, 3.8) is 0 Å². The molecular formula is C17H23F3N2O3S. The summed E-state index contributed by atoms with van der Waals surface area (Å²) < 4.78 is 45.4. The number of β-amino-alcohol motifs (C(OH)–C–C–N with tert-alkyl or cyclic N) is 1. The Hall–Kier alpha value is -1.16. The van der Waals surface area contributed by atoms with Crippen molar-refractivity contribution in [2.75, 3.05) is 26.7 Å². The Morgan fingerprint density at radius 3 is 2.92 bits per heavy atom. The van der Waals surface area contributed by atoms with Crippen LogP contribution in [0, 0.1) is 0 Å². The van der Waals surface area contributed by atoms with Crippen molar-refractivity contribution in [1.29, 1.82) is 0 Å². The summed E-state index contributed by atoms with van der Waals surface area (Å²) in [6.07, 6.45) is -3.89. The van der Waals surface area contributed by atoms with Gasteiger partial charge in [-0.05, 0) is 37.8 Å². The molecule has 0 bridgehead atoms. The lowest BCUT2D eigenvalue weighted by Crippen LogP contribution is -2.53. The summed E-state index contributed by atoms with van der Waals surface area (Å²) in [6.45, 7) is 3.11. The number of aliphatic hydroxyl groups excluding tert-OH is 1. The van der Waals surface area contributed by atoms with Gasteiger partial charge in [-0.15, -0.1) is 11.3 Å². The third-order valence-corrected chi connectivity index (χ3v) is 6.67. The van der Waals surface area contributed by atoms with E-state index in [1.165, 1.54) is 13.1 Å². The maximum atomic E-state index is 13.1. The van der Waals surface area contributed by atoms with Crippen molar-refractivity contribution in [3.05, 3.63) is 21.4 Å². The first-order valence-electron chi connectivity index (χ1n) is 8.64. The maximum absolute atomic E-state index is 13.1. The van der Waals surface area contributed by atoms with Gasteiger partial charge in [0.1, 0.15) is 16.6 Å². The molecule has 1 spiro atoms. The molecule has 3 atom stereocenters. The number of ether oxygens (including phenoxy) is 1. The molecule has 3 heterocycles. The topological polar surface area (TPSA) is 61.8 Å². The van der Waals surface area contributed by atoms with Gasteiger partial charge in [0.05, 0.1) is 6.61 Å².